The molecule has 0 spiro atoms. The molecule has 7 heteroatoms. The molecule has 0 heterocycles. The fourth-order valence-electron chi connectivity index (χ4n) is 1.26. The maximum Gasteiger partial charge on any atom is 0.277 e. The first kappa shape index (κ1) is 13.0. The van der Waals surface area contributed by atoms with Crippen molar-refractivity contribution >= 4 is 23.2 Å². The monoisotopic (exact) mass is 255 g/mol. The third-order valence-electron chi connectivity index (χ3n) is 1.95. The zero-order valence-electron chi connectivity index (χ0n) is 9.44. The van der Waals surface area contributed by atoms with Crippen LogP contribution in [0, 0.1) is 0 Å². The number of hydrogen-bond acceptors (Lipinski definition) is 4. The van der Waals surface area contributed by atoms with Gasteiger partial charge in [-0.2, -0.15) is 0 Å². The van der Waals surface area contributed by atoms with Crippen molar-refractivity contribution in [2.75, 3.05) is 14.2 Å². The van der Waals surface area contributed by atoms with Crippen LogP contribution < -0.4 is 26.1 Å². The molecule has 0 unspecified atom stereocenters. The van der Waals surface area contributed by atoms with Crippen LogP contribution >= 0.6 is 12.2 Å². The van der Waals surface area contributed by atoms with E-state index in [9.17, 15) is 4.79 Å². The molecule has 6 nitrogen and oxygen atoms in total. The van der Waals surface area contributed by atoms with Gasteiger partial charge < -0.3 is 15.2 Å². The minimum Gasteiger partial charge on any atom is -0.496 e. The molecule has 0 saturated heterocycles. The van der Waals surface area contributed by atoms with Gasteiger partial charge in [-0.15, -0.1) is 0 Å². The minimum atomic E-state index is -0.452. The van der Waals surface area contributed by atoms with Crippen molar-refractivity contribution in [1.82, 2.24) is 10.9 Å². The van der Waals surface area contributed by atoms with E-state index in [1.54, 1.807) is 18.2 Å². The lowest BCUT2D eigenvalue weighted by Gasteiger charge is -2.13. The molecule has 17 heavy (non-hydrogen) atoms. The quantitative estimate of drug-likeness (QED) is 0.528. The van der Waals surface area contributed by atoms with Crippen LogP contribution in [0.25, 0.3) is 0 Å². The van der Waals surface area contributed by atoms with Gasteiger partial charge in [-0.1, -0.05) is 6.07 Å². The van der Waals surface area contributed by atoms with Crippen molar-refractivity contribution in [3.05, 3.63) is 23.8 Å². The maximum absolute atomic E-state index is 11.9. The number of carbonyl (C=O) groups is 1. The first-order chi connectivity index (χ1) is 8.10. The van der Waals surface area contributed by atoms with E-state index in [0.717, 1.165) is 0 Å². The number of rotatable bonds is 3. The summed E-state index contributed by atoms with van der Waals surface area (Å²) in [7, 11) is 2.93. The van der Waals surface area contributed by atoms with E-state index in [2.05, 4.69) is 23.1 Å². The molecule has 1 rings (SSSR count). The lowest BCUT2D eigenvalue weighted by atomic mass is 10.1. The average Bonchev–Trinajstić information content (AvgIpc) is 2.34. The lowest BCUT2D eigenvalue weighted by Crippen LogP contribution is -2.44. The summed E-state index contributed by atoms with van der Waals surface area (Å²) in [6, 6.07) is 5.02. The van der Waals surface area contributed by atoms with Crippen molar-refractivity contribution < 1.29 is 14.3 Å². The summed E-state index contributed by atoms with van der Waals surface area (Å²) in [5.74, 6) is 0.338. The van der Waals surface area contributed by atoms with Gasteiger partial charge in [0.05, 0.1) is 14.2 Å². The smallest absolute Gasteiger partial charge is 0.277 e. The second kappa shape index (κ2) is 5.90. The molecular weight excluding hydrogens is 242 g/mol. The Labute approximate surface area is 104 Å². The number of nitrogens with one attached hydrogen (secondary N) is 2. The number of hydrazine groups is 1. The van der Waals surface area contributed by atoms with Crippen molar-refractivity contribution in [1.29, 1.82) is 0 Å². The van der Waals surface area contributed by atoms with Gasteiger partial charge in [-0.05, 0) is 24.4 Å². The summed E-state index contributed by atoms with van der Waals surface area (Å²) < 4.78 is 10.2. The third kappa shape index (κ3) is 3.22. The molecule has 1 aromatic rings. The predicted molar refractivity (Wildman–Crippen MR) is 66.9 cm³/mol. The van der Waals surface area contributed by atoms with Crippen LogP contribution in [0.2, 0.25) is 0 Å². The van der Waals surface area contributed by atoms with E-state index in [-0.39, 0.29) is 10.7 Å². The summed E-state index contributed by atoms with van der Waals surface area (Å²) in [5.41, 5.74) is 10.1. The molecule has 0 bridgehead atoms. The number of amides is 1. The van der Waals surface area contributed by atoms with Gasteiger partial charge in [0.15, 0.2) is 5.11 Å². The molecule has 0 radical (unpaired) electrons. The Kier molecular flexibility index (Phi) is 4.53. The highest BCUT2D eigenvalue weighted by Gasteiger charge is 2.17. The first-order valence-electron chi connectivity index (χ1n) is 4.67. The van der Waals surface area contributed by atoms with Gasteiger partial charge in [0.2, 0.25) is 0 Å². The summed E-state index contributed by atoms with van der Waals surface area (Å²) in [4.78, 5) is 11.9. The molecule has 0 aliphatic heterocycles. The molecule has 1 aromatic carbocycles. The fourth-order valence-corrected chi connectivity index (χ4v) is 1.31. The molecule has 0 saturated carbocycles. The van der Waals surface area contributed by atoms with Crippen molar-refractivity contribution in [3.8, 4) is 11.5 Å². The summed E-state index contributed by atoms with van der Waals surface area (Å²) >= 11 is 4.58. The van der Waals surface area contributed by atoms with Crippen LogP contribution in [0.3, 0.4) is 0 Å². The zero-order chi connectivity index (χ0) is 12.8. The lowest BCUT2D eigenvalue weighted by molar-refractivity contribution is 0.0937. The van der Waals surface area contributed by atoms with E-state index >= 15 is 0 Å². The van der Waals surface area contributed by atoms with Crippen molar-refractivity contribution in [2.24, 2.45) is 5.73 Å². The Balaban J connectivity index is 3.01. The first-order valence-corrected chi connectivity index (χ1v) is 5.07. The number of ether oxygens (including phenoxy) is 2. The van der Waals surface area contributed by atoms with Crippen LogP contribution in [-0.2, 0) is 0 Å². The van der Waals surface area contributed by atoms with Crippen LogP contribution in [0.15, 0.2) is 18.2 Å². The van der Waals surface area contributed by atoms with Gasteiger partial charge in [0, 0.05) is 0 Å². The summed E-state index contributed by atoms with van der Waals surface area (Å²) in [6.45, 7) is 0. The number of hydrogen-bond donors (Lipinski definition) is 3. The molecular formula is C10H13N3O3S. The van der Waals surface area contributed by atoms with Crippen LogP contribution in [0.1, 0.15) is 10.4 Å². The average molecular weight is 255 g/mol. The predicted octanol–water partition coefficient (Wildman–Crippen LogP) is 0.182. The Hall–Kier alpha value is -2.02. The highest BCUT2D eigenvalue weighted by atomic mass is 32.1. The largest absolute Gasteiger partial charge is 0.496 e. The standard InChI is InChI=1S/C10H13N3O3S/c1-15-6-4-3-5-7(16-2)8(6)9(14)12-13-10(11)17/h3-5H,1-2H3,(H,12,14)(H3,11,13,17). The molecule has 0 aromatic heterocycles. The normalized spacial score (nSPS) is 9.29. The van der Waals surface area contributed by atoms with E-state index in [1.165, 1.54) is 14.2 Å². The second-order valence-electron chi connectivity index (χ2n) is 2.98. The molecule has 4 N–H and O–H groups in total. The number of carbonyl (C=O) groups excluding carboxylic acids is 1. The number of methoxy groups -OCH3 is 2. The Morgan fingerprint density at radius 2 is 1.76 bits per heavy atom. The number of thiocarbonyl (C=S) groups is 1. The Morgan fingerprint density at radius 1 is 1.24 bits per heavy atom. The van der Waals surface area contributed by atoms with Crippen LogP contribution in [0.5, 0.6) is 11.5 Å². The maximum atomic E-state index is 11.9. The highest BCUT2D eigenvalue weighted by Crippen LogP contribution is 2.27. The van der Waals surface area contributed by atoms with Crippen LogP contribution in [0.4, 0.5) is 0 Å². The van der Waals surface area contributed by atoms with Crippen molar-refractivity contribution in [2.45, 2.75) is 0 Å². The molecule has 0 aliphatic carbocycles. The number of benzene rings is 1. The van der Waals surface area contributed by atoms with Gasteiger partial charge >= 0.3 is 0 Å². The van der Waals surface area contributed by atoms with Crippen molar-refractivity contribution in [3.63, 3.8) is 0 Å². The van der Waals surface area contributed by atoms with Gasteiger partial charge in [-0.3, -0.25) is 15.6 Å². The Bertz CT molecular complexity index is 415. The Morgan fingerprint density at radius 3 is 2.18 bits per heavy atom. The highest BCUT2D eigenvalue weighted by molar-refractivity contribution is 7.80. The molecule has 1 amide bonds. The van der Waals surface area contributed by atoms with E-state index < -0.39 is 5.91 Å². The van der Waals surface area contributed by atoms with Gasteiger partial charge in [0.1, 0.15) is 17.1 Å². The minimum absolute atomic E-state index is 0.0350. The summed E-state index contributed by atoms with van der Waals surface area (Å²) in [5, 5.41) is -0.0350. The van der Waals surface area contributed by atoms with E-state index in [4.69, 9.17) is 15.2 Å². The molecule has 0 fully saturated rings. The molecule has 92 valence electrons. The zero-order valence-corrected chi connectivity index (χ0v) is 10.3. The third-order valence-corrected chi connectivity index (χ3v) is 2.06. The van der Waals surface area contributed by atoms with Gasteiger partial charge in [0.25, 0.3) is 5.91 Å². The van der Waals surface area contributed by atoms with E-state index in [1.807, 2.05) is 0 Å². The van der Waals surface area contributed by atoms with Gasteiger partial charge in [-0.25, -0.2) is 0 Å². The molecule has 0 atom stereocenters. The SMILES string of the molecule is COc1cccc(OC)c1C(=O)NNC(N)=S. The fraction of sp³-hybridized carbons (Fsp3) is 0.200. The van der Waals surface area contributed by atoms with E-state index in [0.29, 0.717) is 11.5 Å². The topological polar surface area (TPSA) is 85.6 Å². The summed E-state index contributed by atoms with van der Waals surface area (Å²) in [6.07, 6.45) is 0. The molecule has 0 aliphatic rings. The van der Waals surface area contributed by atoms with Crippen LogP contribution in [-0.4, -0.2) is 25.2 Å². The number of nitrogens with two attached hydrogens (primary N) is 1. The second-order valence-corrected chi connectivity index (χ2v) is 3.42.